The number of hydrogen-bond donors (Lipinski definition) is 2. The molecule has 0 atom stereocenters. The van der Waals surface area contributed by atoms with Gasteiger partial charge in [0.2, 0.25) is 0 Å². The maximum absolute atomic E-state index is 9.04. The minimum absolute atomic E-state index is 0.164. The Balaban J connectivity index is 2.23. The van der Waals surface area contributed by atoms with Gasteiger partial charge >= 0.3 is 0 Å². The van der Waals surface area contributed by atoms with Gasteiger partial charge in [-0.3, -0.25) is 0 Å². The molecule has 1 fully saturated rings. The molecule has 1 aromatic rings. The summed E-state index contributed by atoms with van der Waals surface area (Å²) >= 11 is 0. The summed E-state index contributed by atoms with van der Waals surface area (Å²) in [5.74, 6) is 0.941. The second-order valence-electron chi connectivity index (χ2n) is 3.84. The largest absolute Gasteiger partial charge is 0.395 e. The van der Waals surface area contributed by atoms with Crippen molar-refractivity contribution in [2.24, 2.45) is 5.73 Å². The zero-order valence-corrected chi connectivity index (χ0v) is 8.76. The monoisotopic (exact) mass is 207 g/mol. The van der Waals surface area contributed by atoms with Crippen LogP contribution in [0.2, 0.25) is 0 Å². The molecule has 0 aromatic carbocycles. The number of hydrogen-bond acceptors (Lipinski definition) is 4. The number of aliphatic hydroxyl groups excluding tert-OH is 1. The van der Waals surface area contributed by atoms with Crippen molar-refractivity contribution in [1.82, 2.24) is 4.98 Å². The summed E-state index contributed by atoms with van der Waals surface area (Å²) in [6.45, 7) is 1.31. The van der Waals surface area contributed by atoms with Crippen molar-refractivity contribution in [3.8, 4) is 0 Å². The fourth-order valence-corrected chi connectivity index (χ4v) is 1.80. The van der Waals surface area contributed by atoms with Crippen LogP contribution in [0.4, 0.5) is 5.82 Å². The summed E-state index contributed by atoms with van der Waals surface area (Å²) < 4.78 is 0. The summed E-state index contributed by atoms with van der Waals surface area (Å²) in [5, 5.41) is 9.04. The second-order valence-corrected chi connectivity index (χ2v) is 3.84. The van der Waals surface area contributed by atoms with E-state index in [0.29, 0.717) is 19.1 Å². The van der Waals surface area contributed by atoms with Gasteiger partial charge in [-0.05, 0) is 18.9 Å². The quantitative estimate of drug-likeness (QED) is 0.738. The molecule has 0 spiro atoms. The van der Waals surface area contributed by atoms with Crippen LogP contribution in [-0.2, 0) is 6.54 Å². The Morgan fingerprint density at radius 1 is 1.53 bits per heavy atom. The summed E-state index contributed by atoms with van der Waals surface area (Å²) in [6, 6.07) is 4.45. The van der Waals surface area contributed by atoms with E-state index in [1.807, 2.05) is 12.1 Å². The number of aliphatic hydroxyl groups is 1. The molecule has 1 aliphatic carbocycles. The van der Waals surface area contributed by atoms with Crippen molar-refractivity contribution in [2.45, 2.75) is 25.4 Å². The molecular weight excluding hydrogens is 190 g/mol. The van der Waals surface area contributed by atoms with Crippen molar-refractivity contribution in [3.63, 3.8) is 0 Å². The van der Waals surface area contributed by atoms with Crippen LogP contribution in [0.1, 0.15) is 18.4 Å². The highest BCUT2D eigenvalue weighted by Gasteiger charge is 2.30. The van der Waals surface area contributed by atoms with E-state index in [0.717, 1.165) is 11.4 Å². The highest BCUT2D eigenvalue weighted by atomic mass is 16.3. The number of anilines is 1. The van der Waals surface area contributed by atoms with Gasteiger partial charge in [-0.1, -0.05) is 6.07 Å². The third-order valence-corrected chi connectivity index (χ3v) is 2.69. The molecule has 4 nitrogen and oxygen atoms in total. The molecule has 0 bridgehead atoms. The number of rotatable bonds is 5. The van der Waals surface area contributed by atoms with E-state index in [1.165, 1.54) is 12.8 Å². The molecule has 4 heteroatoms. The van der Waals surface area contributed by atoms with Gasteiger partial charge in [0, 0.05) is 30.9 Å². The van der Waals surface area contributed by atoms with E-state index in [2.05, 4.69) is 9.88 Å². The van der Waals surface area contributed by atoms with Crippen LogP contribution in [0.5, 0.6) is 0 Å². The first-order valence-corrected chi connectivity index (χ1v) is 5.38. The molecule has 1 aliphatic rings. The Morgan fingerprint density at radius 3 is 2.93 bits per heavy atom. The van der Waals surface area contributed by atoms with Crippen molar-refractivity contribution in [3.05, 3.63) is 23.9 Å². The molecule has 0 aliphatic heterocycles. The maximum atomic E-state index is 9.04. The van der Waals surface area contributed by atoms with Crippen molar-refractivity contribution >= 4 is 5.82 Å². The zero-order valence-electron chi connectivity index (χ0n) is 8.76. The molecule has 2 rings (SSSR count). The van der Waals surface area contributed by atoms with Crippen molar-refractivity contribution in [2.75, 3.05) is 18.1 Å². The van der Waals surface area contributed by atoms with Crippen LogP contribution in [0.25, 0.3) is 0 Å². The van der Waals surface area contributed by atoms with Crippen LogP contribution in [0, 0.1) is 0 Å². The lowest BCUT2D eigenvalue weighted by molar-refractivity contribution is 0.301. The number of nitrogens with zero attached hydrogens (tertiary/aromatic N) is 2. The highest BCUT2D eigenvalue weighted by molar-refractivity contribution is 5.48. The summed E-state index contributed by atoms with van der Waals surface area (Å²) in [7, 11) is 0. The van der Waals surface area contributed by atoms with Gasteiger partial charge in [0.1, 0.15) is 5.82 Å². The Kier molecular flexibility index (Phi) is 3.18. The number of pyridine rings is 1. The van der Waals surface area contributed by atoms with Gasteiger partial charge in [0.15, 0.2) is 0 Å². The Bertz CT molecular complexity index is 325. The molecule has 3 N–H and O–H groups in total. The Morgan fingerprint density at radius 2 is 2.33 bits per heavy atom. The maximum Gasteiger partial charge on any atom is 0.133 e. The lowest BCUT2D eigenvalue weighted by Gasteiger charge is -2.24. The molecular formula is C11H17N3O. The van der Waals surface area contributed by atoms with Gasteiger partial charge in [-0.15, -0.1) is 0 Å². The Labute approximate surface area is 89.7 Å². The first-order chi connectivity index (χ1) is 7.36. The van der Waals surface area contributed by atoms with Crippen LogP contribution in [0.15, 0.2) is 18.3 Å². The first kappa shape index (κ1) is 10.4. The fourth-order valence-electron chi connectivity index (χ4n) is 1.80. The van der Waals surface area contributed by atoms with E-state index in [-0.39, 0.29) is 6.61 Å². The second kappa shape index (κ2) is 4.59. The van der Waals surface area contributed by atoms with E-state index in [1.54, 1.807) is 6.20 Å². The standard InChI is InChI=1S/C11H17N3O/c12-8-9-2-1-5-13-11(9)14(6-7-15)10-3-4-10/h1-2,5,10,15H,3-4,6-8,12H2. The predicted octanol–water partition coefficient (Wildman–Crippen LogP) is 0.501. The smallest absolute Gasteiger partial charge is 0.133 e. The average Bonchev–Trinajstić information content (AvgIpc) is 3.10. The van der Waals surface area contributed by atoms with Crippen molar-refractivity contribution < 1.29 is 5.11 Å². The average molecular weight is 207 g/mol. The first-order valence-electron chi connectivity index (χ1n) is 5.38. The van der Waals surface area contributed by atoms with E-state index in [9.17, 15) is 0 Å². The molecule has 0 radical (unpaired) electrons. The third-order valence-electron chi connectivity index (χ3n) is 2.69. The summed E-state index contributed by atoms with van der Waals surface area (Å²) in [6.07, 6.45) is 4.17. The normalized spacial score (nSPS) is 15.3. The lowest BCUT2D eigenvalue weighted by atomic mass is 10.2. The van der Waals surface area contributed by atoms with Crippen LogP contribution < -0.4 is 10.6 Å². The van der Waals surface area contributed by atoms with Gasteiger partial charge in [0.25, 0.3) is 0 Å². The van der Waals surface area contributed by atoms with E-state index in [4.69, 9.17) is 10.8 Å². The predicted molar refractivity (Wildman–Crippen MR) is 59.6 cm³/mol. The zero-order chi connectivity index (χ0) is 10.7. The molecule has 0 saturated heterocycles. The van der Waals surface area contributed by atoms with Gasteiger partial charge in [-0.2, -0.15) is 0 Å². The third kappa shape index (κ3) is 2.27. The van der Waals surface area contributed by atoms with E-state index < -0.39 is 0 Å². The molecule has 0 unspecified atom stereocenters. The molecule has 1 aromatic heterocycles. The summed E-state index contributed by atoms with van der Waals surface area (Å²) in [4.78, 5) is 6.53. The van der Waals surface area contributed by atoms with Gasteiger partial charge in [0.05, 0.1) is 6.61 Å². The molecule has 1 heterocycles. The van der Waals surface area contributed by atoms with Crippen LogP contribution in [-0.4, -0.2) is 29.3 Å². The molecule has 82 valence electrons. The molecule has 0 amide bonds. The number of nitrogens with two attached hydrogens (primary N) is 1. The molecule has 15 heavy (non-hydrogen) atoms. The van der Waals surface area contributed by atoms with Crippen LogP contribution in [0.3, 0.4) is 0 Å². The minimum Gasteiger partial charge on any atom is -0.395 e. The highest BCUT2D eigenvalue weighted by Crippen LogP contribution is 2.31. The van der Waals surface area contributed by atoms with Crippen LogP contribution >= 0.6 is 0 Å². The summed E-state index contributed by atoms with van der Waals surface area (Å²) in [5.41, 5.74) is 6.73. The Hall–Kier alpha value is -1.13. The lowest BCUT2D eigenvalue weighted by Crippen LogP contribution is -2.31. The SMILES string of the molecule is NCc1cccnc1N(CCO)C1CC1. The number of aromatic nitrogens is 1. The van der Waals surface area contributed by atoms with Gasteiger partial charge < -0.3 is 15.7 Å². The molecule has 1 saturated carbocycles. The topological polar surface area (TPSA) is 62.4 Å². The minimum atomic E-state index is 0.164. The van der Waals surface area contributed by atoms with Crippen molar-refractivity contribution in [1.29, 1.82) is 0 Å². The van der Waals surface area contributed by atoms with E-state index >= 15 is 0 Å². The fraction of sp³-hybridized carbons (Fsp3) is 0.545. The van der Waals surface area contributed by atoms with Gasteiger partial charge in [-0.25, -0.2) is 4.98 Å².